The van der Waals surface area contributed by atoms with Crippen molar-refractivity contribution in [2.75, 3.05) is 5.32 Å². The van der Waals surface area contributed by atoms with Crippen molar-refractivity contribution in [2.45, 2.75) is 6.92 Å². The second kappa shape index (κ2) is 5.55. The lowest BCUT2D eigenvalue weighted by atomic mass is 10.1. The molecule has 3 aromatic rings. The summed E-state index contributed by atoms with van der Waals surface area (Å²) in [6.45, 7) is 1.84. The number of thiazole rings is 1. The molecule has 0 bridgehead atoms. The molecule has 1 amide bonds. The van der Waals surface area contributed by atoms with E-state index >= 15 is 0 Å². The lowest BCUT2D eigenvalue weighted by molar-refractivity contribution is 0.102. The average molecular weight is 334 g/mol. The van der Waals surface area contributed by atoms with Gasteiger partial charge in [0.05, 0.1) is 16.2 Å². The van der Waals surface area contributed by atoms with Crippen LogP contribution in [0.4, 0.5) is 5.13 Å². The lowest BCUT2D eigenvalue weighted by Crippen LogP contribution is -2.23. The molecule has 1 aromatic carbocycles. The highest BCUT2D eigenvalue weighted by atomic mass is 35.5. The molecule has 0 saturated carbocycles. The summed E-state index contributed by atoms with van der Waals surface area (Å²) in [6, 6.07) is 5.06. The van der Waals surface area contributed by atoms with Gasteiger partial charge in [-0.3, -0.25) is 14.9 Å². The number of hydrogen-bond donors (Lipinski definition) is 1. The number of anilines is 1. The number of carbonyl (C=O) groups excluding carboxylic acids is 1. The number of aryl methyl sites for hydroxylation is 2. The standard InChI is InChI=1S/C15H12ClN3O2S/c1-8-7-22-15(17-8)18-14(21)10-6-19(2)12-9(13(10)20)4-3-5-11(12)16/h3-7H,1-2H3,(H,17,18,21). The molecule has 0 fully saturated rings. The number of rotatable bonds is 2. The summed E-state index contributed by atoms with van der Waals surface area (Å²) < 4.78 is 1.68. The monoisotopic (exact) mass is 333 g/mol. The van der Waals surface area contributed by atoms with E-state index in [1.54, 1.807) is 29.8 Å². The number of fused-ring (bicyclic) bond motifs is 1. The normalized spacial score (nSPS) is 10.9. The molecule has 0 saturated heterocycles. The minimum Gasteiger partial charge on any atom is -0.348 e. The van der Waals surface area contributed by atoms with Crippen molar-refractivity contribution >= 4 is 44.9 Å². The smallest absolute Gasteiger partial charge is 0.262 e. The van der Waals surface area contributed by atoms with E-state index in [0.29, 0.717) is 21.1 Å². The van der Waals surface area contributed by atoms with Crippen molar-refractivity contribution in [3.63, 3.8) is 0 Å². The molecule has 2 aromatic heterocycles. The summed E-state index contributed by atoms with van der Waals surface area (Å²) in [4.78, 5) is 29.0. The lowest BCUT2D eigenvalue weighted by Gasteiger charge is -2.09. The van der Waals surface area contributed by atoms with Crippen molar-refractivity contribution in [3.05, 3.63) is 56.3 Å². The summed E-state index contributed by atoms with van der Waals surface area (Å²) in [5.41, 5.74) is 1.14. The fourth-order valence-electron chi connectivity index (χ4n) is 2.26. The first kappa shape index (κ1) is 14.7. The van der Waals surface area contributed by atoms with Gasteiger partial charge in [-0.05, 0) is 19.1 Å². The van der Waals surface area contributed by atoms with Gasteiger partial charge in [0.25, 0.3) is 5.91 Å². The Balaban J connectivity index is 2.10. The molecular formula is C15H12ClN3O2S. The van der Waals surface area contributed by atoms with Gasteiger partial charge in [0.2, 0.25) is 5.43 Å². The highest BCUT2D eigenvalue weighted by Crippen LogP contribution is 2.21. The number of pyridine rings is 1. The van der Waals surface area contributed by atoms with Crippen molar-refractivity contribution in [1.82, 2.24) is 9.55 Å². The summed E-state index contributed by atoms with van der Waals surface area (Å²) >= 11 is 7.45. The molecule has 5 nitrogen and oxygen atoms in total. The zero-order chi connectivity index (χ0) is 15.9. The van der Waals surface area contributed by atoms with Gasteiger partial charge in [0.1, 0.15) is 5.56 Å². The largest absolute Gasteiger partial charge is 0.348 e. The van der Waals surface area contributed by atoms with Crippen LogP contribution < -0.4 is 10.7 Å². The number of nitrogens with zero attached hydrogens (tertiary/aromatic N) is 2. The molecule has 2 heterocycles. The Labute approximate surface area is 135 Å². The Bertz CT molecular complexity index is 946. The van der Waals surface area contributed by atoms with Gasteiger partial charge in [0.15, 0.2) is 5.13 Å². The molecule has 0 aliphatic rings. The number of benzene rings is 1. The third-order valence-electron chi connectivity index (χ3n) is 3.24. The predicted molar refractivity (Wildman–Crippen MR) is 89.0 cm³/mol. The van der Waals surface area contributed by atoms with Crippen LogP contribution in [-0.2, 0) is 7.05 Å². The van der Waals surface area contributed by atoms with Gasteiger partial charge >= 0.3 is 0 Å². The van der Waals surface area contributed by atoms with E-state index in [-0.39, 0.29) is 11.0 Å². The molecule has 0 unspecified atom stereocenters. The molecule has 7 heteroatoms. The minimum absolute atomic E-state index is 0.0603. The van der Waals surface area contributed by atoms with Crippen molar-refractivity contribution in [1.29, 1.82) is 0 Å². The number of aromatic nitrogens is 2. The number of halogens is 1. The van der Waals surface area contributed by atoms with E-state index in [2.05, 4.69) is 10.3 Å². The maximum atomic E-state index is 12.5. The molecule has 0 aliphatic heterocycles. The molecule has 3 rings (SSSR count). The Morgan fingerprint density at radius 3 is 2.86 bits per heavy atom. The third kappa shape index (κ3) is 2.51. The summed E-state index contributed by atoms with van der Waals surface area (Å²) in [6.07, 6.45) is 1.49. The molecule has 0 radical (unpaired) electrons. The van der Waals surface area contributed by atoms with E-state index in [9.17, 15) is 9.59 Å². The third-order valence-corrected chi connectivity index (χ3v) is 4.42. The zero-order valence-corrected chi connectivity index (χ0v) is 13.5. The minimum atomic E-state index is -0.475. The van der Waals surface area contributed by atoms with E-state index in [1.807, 2.05) is 12.3 Å². The fourth-order valence-corrected chi connectivity index (χ4v) is 3.25. The molecule has 0 atom stereocenters. The summed E-state index contributed by atoms with van der Waals surface area (Å²) in [5.74, 6) is -0.475. The first-order valence-electron chi connectivity index (χ1n) is 6.48. The number of amides is 1. The number of nitrogens with one attached hydrogen (secondary N) is 1. The number of carbonyl (C=O) groups is 1. The molecular weight excluding hydrogens is 322 g/mol. The van der Waals surface area contributed by atoms with Gasteiger partial charge in [-0.15, -0.1) is 11.3 Å². The van der Waals surface area contributed by atoms with Crippen LogP contribution in [0.5, 0.6) is 0 Å². The van der Waals surface area contributed by atoms with Gasteiger partial charge in [-0.1, -0.05) is 17.7 Å². The zero-order valence-electron chi connectivity index (χ0n) is 11.9. The second-order valence-electron chi connectivity index (χ2n) is 4.87. The highest BCUT2D eigenvalue weighted by Gasteiger charge is 2.16. The second-order valence-corrected chi connectivity index (χ2v) is 6.13. The predicted octanol–water partition coefficient (Wildman–Crippen LogP) is 3.21. The molecule has 112 valence electrons. The van der Waals surface area contributed by atoms with E-state index in [0.717, 1.165) is 5.69 Å². The van der Waals surface area contributed by atoms with Crippen molar-refractivity contribution in [2.24, 2.45) is 7.05 Å². The highest BCUT2D eigenvalue weighted by molar-refractivity contribution is 7.13. The van der Waals surface area contributed by atoms with Crippen molar-refractivity contribution in [3.8, 4) is 0 Å². The van der Waals surface area contributed by atoms with Crippen LogP contribution in [0.3, 0.4) is 0 Å². The molecule has 0 aliphatic carbocycles. The maximum absolute atomic E-state index is 12.5. The Morgan fingerprint density at radius 1 is 1.41 bits per heavy atom. The van der Waals surface area contributed by atoms with Gasteiger partial charge in [-0.2, -0.15) is 0 Å². The van der Waals surface area contributed by atoms with Crippen LogP contribution in [-0.4, -0.2) is 15.5 Å². The topological polar surface area (TPSA) is 64.0 Å². The fraction of sp³-hybridized carbons (Fsp3) is 0.133. The summed E-state index contributed by atoms with van der Waals surface area (Å²) in [5, 5.41) is 5.83. The Kier molecular flexibility index (Phi) is 3.72. The Morgan fingerprint density at radius 2 is 2.18 bits per heavy atom. The van der Waals surface area contributed by atoms with E-state index in [1.165, 1.54) is 17.5 Å². The van der Waals surface area contributed by atoms with Crippen LogP contribution in [0, 0.1) is 6.92 Å². The quantitative estimate of drug-likeness (QED) is 0.783. The van der Waals surface area contributed by atoms with Crippen molar-refractivity contribution < 1.29 is 4.79 Å². The van der Waals surface area contributed by atoms with Crippen LogP contribution >= 0.6 is 22.9 Å². The van der Waals surface area contributed by atoms with Gasteiger partial charge < -0.3 is 4.57 Å². The van der Waals surface area contributed by atoms with Crippen LogP contribution in [0.2, 0.25) is 5.02 Å². The van der Waals surface area contributed by atoms with E-state index in [4.69, 9.17) is 11.6 Å². The number of hydrogen-bond acceptors (Lipinski definition) is 4. The average Bonchev–Trinajstić information content (AvgIpc) is 2.87. The number of para-hydroxylation sites is 1. The van der Waals surface area contributed by atoms with Gasteiger partial charge in [-0.25, -0.2) is 4.98 Å². The van der Waals surface area contributed by atoms with Gasteiger partial charge in [0, 0.05) is 24.0 Å². The first-order valence-corrected chi connectivity index (χ1v) is 7.74. The summed E-state index contributed by atoms with van der Waals surface area (Å²) in [7, 11) is 1.75. The SMILES string of the molecule is Cc1csc(NC(=O)c2cn(C)c3c(Cl)cccc3c2=O)n1. The van der Waals surface area contributed by atoms with Crippen LogP contribution in [0.25, 0.3) is 10.9 Å². The molecule has 0 spiro atoms. The maximum Gasteiger partial charge on any atom is 0.262 e. The van der Waals surface area contributed by atoms with E-state index < -0.39 is 5.91 Å². The van der Waals surface area contributed by atoms with Crippen LogP contribution in [0.1, 0.15) is 16.1 Å². The first-order chi connectivity index (χ1) is 10.5. The van der Waals surface area contributed by atoms with Crippen LogP contribution in [0.15, 0.2) is 34.6 Å². The molecule has 22 heavy (non-hydrogen) atoms. The molecule has 1 N–H and O–H groups in total. The Hall–Kier alpha value is -2.18.